The van der Waals surface area contributed by atoms with Crippen LogP contribution in [0.4, 0.5) is 0 Å². The predicted molar refractivity (Wildman–Crippen MR) is 61.7 cm³/mol. The van der Waals surface area contributed by atoms with E-state index < -0.39 is 12.2 Å². The van der Waals surface area contributed by atoms with Gasteiger partial charge in [-0.2, -0.15) is 0 Å². The summed E-state index contributed by atoms with van der Waals surface area (Å²) >= 11 is 12.2. The fourth-order valence-corrected chi connectivity index (χ4v) is 2.43. The third kappa shape index (κ3) is 2.19. The van der Waals surface area contributed by atoms with Crippen molar-refractivity contribution in [1.29, 1.82) is 0 Å². The van der Waals surface area contributed by atoms with Gasteiger partial charge in [-0.3, -0.25) is 0 Å². The maximum absolute atomic E-state index is 9.21. The van der Waals surface area contributed by atoms with E-state index in [1.165, 1.54) is 0 Å². The number of aliphatic hydroxyl groups excluding tert-OH is 1. The molecule has 1 N–H and O–H groups in total. The van der Waals surface area contributed by atoms with Crippen LogP contribution >= 0.6 is 23.2 Å². The summed E-state index contributed by atoms with van der Waals surface area (Å²) < 4.78 is 11.0. The molecule has 0 amide bonds. The van der Waals surface area contributed by atoms with Gasteiger partial charge >= 0.3 is 0 Å². The molecule has 88 valence electrons. The van der Waals surface area contributed by atoms with Crippen LogP contribution in [0.5, 0.6) is 0 Å². The molecular formula is C11H12Cl2O3. The summed E-state index contributed by atoms with van der Waals surface area (Å²) in [5.41, 5.74) is 0.675. The molecule has 1 saturated heterocycles. The maximum atomic E-state index is 9.21. The second-order valence-corrected chi connectivity index (χ2v) is 4.43. The van der Waals surface area contributed by atoms with E-state index in [-0.39, 0.29) is 12.9 Å². The van der Waals surface area contributed by atoms with Gasteiger partial charge in [-0.15, -0.1) is 0 Å². The lowest BCUT2D eigenvalue weighted by atomic mass is 10.0. The van der Waals surface area contributed by atoms with Crippen molar-refractivity contribution in [3.8, 4) is 0 Å². The Labute approximate surface area is 104 Å². The molecule has 1 aliphatic rings. The molecule has 0 unspecified atom stereocenters. The van der Waals surface area contributed by atoms with E-state index in [9.17, 15) is 5.11 Å². The first kappa shape index (κ1) is 12.1. The highest BCUT2D eigenvalue weighted by molar-refractivity contribution is 6.36. The van der Waals surface area contributed by atoms with Crippen molar-refractivity contribution < 1.29 is 14.6 Å². The van der Waals surface area contributed by atoms with E-state index in [1.807, 2.05) is 0 Å². The van der Waals surface area contributed by atoms with Crippen LogP contribution in [-0.2, 0) is 9.47 Å². The summed E-state index contributed by atoms with van der Waals surface area (Å²) in [6.45, 7) is 1.64. The molecule has 0 spiro atoms. The average molecular weight is 263 g/mol. The monoisotopic (exact) mass is 262 g/mol. The van der Waals surface area contributed by atoms with E-state index >= 15 is 0 Å². The molecule has 1 aromatic rings. The molecule has 0 aliphatic carbocycles. The topological polar surface area (TPSA) is 38.7 Å². The minimum absolute atomic E-state index is 0.128. The van der Waals surface area contributed by atoms with E-state index in [0.29, 0.717) is 15.6 Å². The number of benzene rings is 1. The Balaban J connectivity index is 2.36. The number of halogens is 2. The lowest BCUT2D eigenvalue weighted by Crippen LogP contribution is -2.20. The number of rotatable bonds is 2. The van der Waals surface area contributed by atoms with Crippen molar-refractivity contribution in [1.82, 2.24) is 0 Å². The Kier molecular flexibility index (Phi) is 3.72. The van der Waals surface area contributed by atoms with Gasteiger partial charge in [-0.1, -0.05) is 29.3 Å². The van der Waals surface area contributed by atoms with E-state index in [4.69, 9.17) is 32.7 Å². The molecule has 3 nitrogen and oxygen atoms in total. The molecule has 1 aromatic carbocycles. The SMILES string of the molecule is C[C@@H]1O[C@H](c2c(Cl)cccc2Cl)[C@@H](CO)O1. The Morgan fingerprint density at radius 1 is 1.25 bits per heavy atom. The van der Waals surface area contributed by atoms with Crippen LogP contribution in [-0.4, -0.2) is 24.1 Å². The van der Waals surface area contributed by atoms with Crippen LogP contribution in [0.2, 0.25) is 10.0 Å². The smallest absolute Gasteiger partial charge is 0.156 e. The molecule has 1 fully saturated rings. The van der Waals surface area contributed by atoms with Crippen molar-refractivity contribution >= 4 is 23.2 Å². The largest absolute Gasteiger partial charge is 0.394 e. The number of hydrogen-bond acceptors (Lipinski definition) is 3. The fourth-order valence-electron chi connectivity index (χ4n) is 1.82. The van der Waals surface area contributed by atoms with E-state index in [0.717, 1.165) is 0 Å². The van der Waals surface area contributed by atoms with Gasteiger partial charge in [-0.05, 0) is 19.1 Å². The predicted octanol–water partition coefficient (Wildman–Crippen LogP) is 2.79. The first-order valence-corrected chi connectivity index (χ1v) is 5.74. The lowest BCUT2D eigenvalue weighted by molar-refractivity contribution is -0.0563. The fraction of sp³-hybridized carbons (Fsp3) is 0.455. The zero-order valence-electron chi connectivity index (χ0n) is 8.69. The standard InChI is InChI=1S/C11H12Cl2O3/c1-6-15-9(5-14)11(16-6)10-7(12)3-2-4-8(10)13/h2-4,6,9,11,14H,5H2,1H3/t6-,9+,11-/m0/s1. The summed E-state index contributed by atoms with van der Waals surface area (Å²) in [4.78, 5) is 0. The minimum Gasteiger partial charge on any atom is -0.394 e. The van der Waals surface area contributed by atoms with Gasteiger partial charge < -0.3 is 14.6 Å². The average Bonchev–Trinajstić information content (AvgIpc) is 2.59. The molecule has 5 heteroatoms. The minimum atomic E-state index is -0.424. The molecule has 0 aromatic heterocycles. The summed E-state index contributed by atoms with van der Waals surface area (Å²) in [6.07, 6.45) is -1.21. The van der Waals surface area contributed by atoms with Crippen LogP contribution in [0.3, 0.4) is 0 Å². The molecule has 1 aliphatic heterocycles. The second kappa shape index (κ2) is 4.90. The van der Waals surface area contributed by atoms with Crippen LogP contribution < -0.4 is 0 Å². The van der Waals surface area contributed by atoms with Gasteiger partial charge in [0, 0.05) is 15.6 Å². The van der Waals surface area contributed by atoms with Gasteiger partial charge in [0.2, 0.25) is 0 Å². The Morgan fingerprint density at radius 2 is 1.88 bits per heavy atom. The summed E-state index contributed by atoms with van der Waals surface area (Å²) in [6, 6.07) is 5.24. The molecule has 0 saturated carbocycles. The molecule has 2 rings (SSSR count). The van der Waals surface area contributed by atoms with E-state index in [1.54, 1.807) is 25.1 Å². The number of ether oxygens (including phenoxy) is 2. The van der Waals surface area contributed by atoms with Gasteiger partial charge in [-0.25, -0.2) is 0 Å². The lowest BCUT2D eigenvalue weighted by Gasteiger charge is -2.17. The first-order chi connectivity index (χ1) is 7.63. The first-order valence-electron chi connectivity index (χ1n) is 4.99. The Morgan fingerprint density at radius 3 is 2.44 bits per heavy atom. The zero-order chi connectivity index (χ0) is 11.7. The Bertz CT molecular complexity index is 363. The highest BCUT2D eigenvalue weighted by atomic mass is 35.5. The van der Waals surface area contributed by atoms with Crippen molar-refractivity contribution in [2.45, 2.75) is 25.4 Å². The molecule has 0 bridgehead atoms. The van der Waals surface area contributed by atoms with Crippen molar-refractivity contribution in [2.75, 3.05) is 6.61 Å². The summed E-state index contributed by atoms with van der Waals surface area (Å²) in [5.74, 6) is 0. The number of aliphatic hydroxyl groups is 1. The quantitative estimate of drug-likeness (QED) is 0.891. The van der Waals surface area contributed by atoms with Gasteiger partial charge in [0.05, 0.1) is 6.61 Å². The highest BCUT2D eigenvalue weighted by Crippen LogP contribution is 2.39. The van der Waals surface area contributed by atoms with Crippen LogP contribution in [0.1, 0.15) is 18.6 Å². The van der Waals surface area contributed by atoms with Gasteiger partial charge in [0.15, 0.2) is 6.29 Å². The zero-order valence-corrected chi connectivity index (χ0v) is 10.2. The number of hydrogen-bond donors (Lipinski definition) is 1. The van der Waals surface area contributed by atoms with E-state index in [2.05, 4.69) is 0 Å². The highest BCUT2D eigenvalue weighted by Gasteiger charge is 2.36. The third-order valence-corrected chi connectivity index (χ3v) is 3.17. The molecule has 1 heterocycles. The molecule has 3 atom stereocenters. The summed E-state index contributed by atoms with van der Waals surface area (Å²) in [7, 11) is 0. The Hall–Kier alpha value is -0.320. The van der Waals surface area contributed by atoms with Crippen molar-refractivity contribution in [3.05, 3.63) is 33.8 Å². The van der Waals surface area contributed by atoms with Gasteiger partial charge in [0.25, 0.3) is 0 Å². The third-order valence-electron chi connectivity index (χ3n) is 2.51. The van der Waals surface area contributed by atoms with Crippen LogP contribution in [0.15, 0.2) is 18.2 Å². The van der Waals surface area contributed by atoms with Crippen molar-refractivity contribution in [2.24, 2.45) is 0 Å². The summed E-state index contributed by atoms with van der Waals surface area (Å²) in [5, 5.41) is 10.2. The van der Waals surface area contributed by atoms with Crippen LogP contribution in [0.25, 0.3) is 0 Å². The molecular weight excluding hydrogens is 251 g/mol. The molecule has 16 heavy (non-hydrogen) atoms. The van der Waals surface area contributed by atoms with Crippen LogP contribution in [0, 0.1) is 0 Å². The van der Waals surface area contributed by atoms with Gasteiger partial charge in [0.1, 0.15) is 12.2 Å². The second-order valence-electron chi connectivity index (χ2n) is 3.62. The normalized spacial score (nSPS) is 29.6. The van der Waals surface area contributed by atoms with Crippen molar-refractivity contribution in [3.63, 3.8) is 0 Å². The molecule has 0 radical (unpaired) electrons. The maximum Gasteiger partial charge on any atom is 0.156 e.